The molecule has 0 saturated carbocycles. The van der Waals surface area contributed by atoms with E-state index in [0.717, 1.165) is 22.2 Å². The van der Waals surface area contributed by atoms with Crippen molar-refractivity contribution in [3.8, 4) is 10.6 Å². The summed E-state index contributed by atoms with van der Waals surface area (Å²) in [5, 5.41) is 1.94. The van der Waals surface area contributed by atoms with E-state index < -0.39 is 15.8 Å². The SMILES string of the molecule is O=S(=O)(NCc1cccnc1-c1cccs1)c1cccc(F)c1. The molecule has 0 aliphatic heterocycles. The lowest BCUT2D eigenvalue weighted by Gasteiger charge is -2.09. The van der Waals surface area contributed by atoms with Crippen LogP contribution in [-0.4, -0.2) is 13.4 Å². The van der Waals surface area contributed by atoms with Crippen LogP contribution < -0.4 is 4.72 Å². The zero-order valence-electron chi connectivity index (χ0n) is 11.9. The number of benzene rings is 1. The third-order valence-electron chi connectivity index (χ3n) is 3.20. The molecule has 0 aliphatic rings. The van der Waals surface area contributed by atoms with Gasteiger partial charge in [-0.05, 0) is 41.3 Å². The van der Waals surface area contributed by atoms with Crippen LogP contribution in [0.4, 0.5) is 4.39 Å². The predicted molar refractivity (Wildman–Crippen MR) is 88.0 cm³/mol. The van der Waals surface area contributed by atoms with Crippen LogP contribution in [-0.2, 0) is 16.6 Å². The van der Waals surface area contributed by atoms with Gasteiger partial charge in [0.2, 0.25) is 10.0 Å². The van der Waals surface area contributed by atoms with Crippen molar-refractivity contribution in [3.63, 3.8) is 0 Å². The van der Waals surface area contributed by atoms with Crippen LogP contribution in [0.3, 0.4) is 0 Å². The van der Waals surface area contributed by atoms with Gasteiger partial charge in [0.05, 0.1) is 15.5 Å². The molecule has 0 amide bonds. The van der Waals surface area contributed by atoms with E-state index in [4.69, 9.17) is 0 Å². The van der Waals surface area contributed by atoms with Crippen molar-refractivity contribution in [1.29, 1.82) is 0 Å². The molecule has 118 valence electrons. The fourth-order valence-corrected chi connectivity index (χ4v) is 3.90. The number of thiophene rings is 1. The number of rotatable bonds is 5. The minimum atomic E-state index is -3.78. The monoisotopic (exact) mass is 348 g/mol. The molecule has 0 saturated heterocycles. The van der Waals surface area contributed by atoms with E-state index >= 15 is 0 Å². The smallest absolute Gasteiger partial charge is 0.240 e. The molecule has 2 aromatic heterocycles. The molecule has 0 unspecified atom stereocenters. The van der Waals surface area contributed by atoms with E-state index in [1.54, 1.807) is 12.3 Å². The highest BCUT2D eigenvalue weighted by Gasteiger charge is 2.16. The summed E-state index contributed by atoms with van der Waals surface area (Å²) in [4.78, 5) is 5.19. The average Bonchev–Trinajstić information content (AvgIpc) is 3.08. The third kappa shape index (κ3) is 3.64. The predicted octanol–water partition coefficient (Wildman–Crippen LogP) is 3.43. The molecule has 4 nitrogen and oxygen atoms in total. The van der Waals surface area contributed by atoms with Crippen molar-refractivity contribution < 1.29 is 12.8 Å². The molecule has 0 fully saturated rings. The molecule has 0 radical (unpaired) electrons. The Bertz CT molecular complexity index is 909. The van der Waals surface area contributed by atoms with Crippen LogP contribution in [0.15, 0.2) is 65.0 Å². The Morgan fingerprint density at radius 2 is 2.00 bits per heavy atom. The lowest BCUT2D eigenvalue weighted by Crippen LogP contribution is -2.23. The highest BCUT2D eigenvalue weighted by Crippen LogP contribution is 2.26. The zero-order valence-corrected chi connectivity index (χ0v) is 13.6. The van der Waals surface area contributed by atoms with E-state index in [-0.39, 0.29) is 11.4 Å². The Labute approximate surface area is 137 Å². The van der Waals surface area contributed by atoms with Crippen molar-refractivity contribution in [3.05, 3.63) is 71.5 Å². The van der Waals surface area contributed by atoms with Crippen LogP contribution in [0, 0.1) is 5.82 Å². The van der Waals surface area contributed by atoms with Crippen molar-refractivity contribution in [1.82, 2.24) is 9.71 Å². The van der Waals surface area contributed by atoms with Crippen molar-refractivity contribution in [2.75, 3.05) is 0 Å². The van der Waals surface area contributed by atoms with Gasteiger partial charge < -0.3 is 0 Å². The molecule has 0 spiro atoms. The summed E-state index contributed by atoms with van der Waals surface area (Å²) in [7, 11) is -3.78. The second-order valence-corrected chi connectivity index (χ2v) is 7.49. The van der Waals surface area contributed by atoms with E-state index in [9.17, 15) is 12.8 Å². The van der Waals surface area contributed by atoms with Gasteiger partial charge in [-0.15, -0.1) is 11.3 Å². The number of aromatic nitrogens is 1. The Kier molecular flexibility index (Phi) is 4.51. The van der Waals surface area contributed by atoms with E-state index in [0.29, 0.717) is 0 Å². The minimum Gasteiger partial charge on any atom is -0.255 e. The molecular weight excluding hydrogens is 335 g/mol. The van der Waals surface area contributed by atoms with E-state index in [1.165, 1.54) is 29.5 Å². The van der Waals surface area contributed by atoms with Gasteiger partial charge in [0.15, 0.2) is 0 Å². The Balaban J connectivity index is 1.84. The molecule has 0 aliphatic carbocycles. The first-order chi connectivity index (χ1) is 11.1. The summed E-state index contributed by atoms with van der Waals surface area (Å²) >= 11 is 1.53. The van der Waals surface area contributed by atoms with Crippen molar-refractivity contribution in [2.24, 2.45) is 0 Å². The van der Waals surface area contributed by atoms with Gasteiger partial charge in [0.25, 0.3) is 0 Å². The molecule has 1 N–H and O–H groups in total. The molecule has 2 heterocycles. The second-order valence-electron chi connectivity index (χ2n) is 4.77. The molecular formula is C16H13FN2O2S2. The fraction of sp³-hybridized carbons (Fsp3) is 0.0625. The third-order valence-corrected chi connectivity index (χ3v) is 5.48. The molecule has 3 aromatic rings. The summed E-state index contributed by atoms with van der Waals surface area (Å²) in [6.07, 6.45) is 1.67. The van der Waals surface area contributed by atoms with Crippen LogP contribution in [0.1, 0.15) is 5.56 Å². The van der Waals surface area contributed by atoms with Crippen molar-refractivity contribution >= 4 is 21.4 Å². The van der Waals surface area contributed by atoms with Gasteiger partial charge in [-0.3, -0.25) is 4.98 Å². The standard InChI is InChI=1S/C16H13FN2O2S2/c17-13-5-1-6-14(10-13)23(20,21)19-11-12-4-2-8-18-16(12)15-7-3-9-22-15/h1-10,19H,11H2. The highest BCUT2D eigenvalue weighted by atomic mass is 32.2. The molecule has 3 rings (SSSR count). The second kappa shape index (κ2) is 6.57. The van der Waals surface area contributed by atoms with Crippen LogP contribution in [0.25, 0.3) is 10.6 Å². The number of sulfonamides is 1. The van der Waals surface area contributed by atoms with Gasteiger partial charge >= 0.3 is 0 Å². The molecule has 1 aromatic carbocycles. The summed E-state index contributed by atoms with van der Waals surface area (Å²) in [6.45, 7) is 0.0833. The fourth-order valence-electron chi connectivity index (χ4n) is 2.11. The summed E-state index contributed by atoms with van der Waals surface area (Å²) in [5.74, 6) is -0.589. The summed E-state index contributed by atoms with van der Waals surface area (Å²) < 4.78 is 40.2. The number of pyridine rings is 1. The quantitative estimate of drug-likeness (QED) is 0.768. The highest BCUT2D eigenvalue weighted by molar-refractivity contribution is 7.89. The average molecular weight is 348 g/mol. The van der Waals surface area contributed by atoms with Crippen LogP contribution in [0.5, 0.6) is 0 Å². The molecule has 7 heteroatoms. The van der Waals surface area contributed by atoms with Gasteiger partial charge in [0, 0.05) is 12.7 Å². The first-order valence-corrected chi connectivity index (χ1v) is 9.15. The minimum absolute atomic E-state index is 0.0833. The van der Waals surface area contributed by atoms with Gasteiger partial charge in [-0.2, -0.15) is 0 Å². The number of hydrogen-bond acceptors (Lipinski definition) is 4. The van der Waals surface area contributed by atoms with Gasteiger partial charge in [-0.25, -0.2) is 17.5 Å². The number of nitrogens with one attached hydrogen (secondary N) is 1. The first kappa shape index (κ1) is 15.8. The number of hydrogen-bond donors (Lipinski definition) is 1. The largest absolute Gasteiger partial charge is 0.255 e. The lowest BCUT2D eigenvalue weighted by atomic mass is 10.2. The maximum absolute atomic E-state index is 13.2. The van der Waals surface area contributed by atoms with E-state index in [1.807, 2.05) is 23.6 Å². The summed E-state index contributed by atoms with van der Waals surface area (Å²) in [5.41, 5.74) is 1.50. The van der Waals surface area contributed by atoms with Crippen molar-refractivity contribution in [2.45, 2.75) is 11.4 Å². The Morgan fingerprint density at radius 3 is 2.74 bits per heavy atom. The van der Waals surface area contributed by atoms with Gasteiger partial charge in [-0.1, -0.05) is 18.2 Å². The zero-order chi connectivity index (χ0) is 16.3. The molecule has 23 heavy (non-hydrogen) atoms. The van der Waals surface area contributed by atoms with Gasteiger partial charge in [0.1, 0.15) is 5.82 Å². The van der Waals surface area contributed by atoms with E-state index in [2.05, 4.69) is 9.71 Å². The van der Waals surface area contributed by atoms with Crippen LogP contribution in [0.2, 0.25) is 0 Å². The lowest BCUT2D eigenvalue weighted by molar-refractivity contribution is 0.577. The molecule has 0 bridgehead atoms. The summed E-state index contributed by atoms with van der Waals surface area (Å²) in [6, 6.07) is 12.3. The maximum atomic E-state index is 13.2. The Hall–Kier alpha value is -2.09. The first-order valence-electron chi connectivity index (χ1n) is 6.79. The number of nitrogens with zero attached hydrogens (tertiary/aromatic N) is 1. The number of halogens is 1. The normalized spacial score (nSPS) is 11.5. The van der Waals surface area contributed by atoms with Crippen LogP contribution >= 0.6 is 11.3 Å². The topological polar surface area (TPSA) is 59.1 Å². The Morgan fingerprint density at radius 1 is 1.13 bits per heavy atom. The maximum Gasteiger partial charge on any atom is 0.240 e. The molecule has 0 atom stereocenters.